The van der Waals surface area contributed by atoms with Crippen molar-refractivity contribution in [2.24, 2.45) is 7.05 Å². The minimum atomic E-state index is -1.22. The maximum atomic E-state index is 13.7. The van der Waals surface area contributed by atoms with E-state index in [9.17, 15) is 14.0 Å². The van der Waals surface area contributed by atoms with Crippen molar-refractivity contribution in [1.82, 2.24) is 4.57 Å². The molecule has 1 aromatic carbocycles. The van der Waals surface area contributed by atoms with E-state index in [-0.39, 0.29) is 22.5 Å². The van der Waals surface area contributed by atoms with Crippen molar-refractivity contribution in [3.63, 3.8) is 0 Å². The molecule has 0 amide bonds. The summed E-state index contributed by atoms with van der Waals surface area (Å²) >= 11 is 0. The van der Waals surface area contributed by atoms with Crippen LogP contribution in [0.5, 0.6) is 0 Å². The molecule has 1 heterocycles. The van der Waals surface area contributed by atoms with Crippen LogP contribution in [0.3, 0.4) is 0 Å². The van der Waals surface area contributed by atoms with Crippen LogP contribution in [-0.4, -0.2) is 23.5 Å². The molecule has 20 heavy (non-hydrogen) atoms. The van der Waals surface area contributed by atoms with E-state index in [4.69, 9.17) is 13.0 Å². The Labute approximate surface area is 115 Å². The normalized spacial score (nSPS) is 10.3. The Morgan fingerprint density at radius 3 is 2.65 bits per heavy atom. The summed E-state index contributed by atoms with van der Waals surface area (Å²) in [4.78, 5) is 22.7. The number of hydrogen-bond donors (Lipinski definition) is 2. The molecule has 0 saturated carbocycles. The number of benzene rings is 1. The van der Waals surface area contributed by atoms with E-state index in [1.807, 2.05) is 0 Å². The molecule has 0 aliphatic heterocycles. The molecule has 0 unspecified atom stereocenters. The fraction of sp³-hybridized carbons (Fsp3) is 0.0769. The Balaban J connectivity index is 2.55. The number of rotatable bonds is 3. The molecule has 0 saturated heterocycles. The van der Waals surface area contributed by atoms with Crippen molar-refractivity contribution in [2.75, 3.05) is 5.32 Å². The number of pyridine rings is 1. The number of halogens is 1. The lowest BCUT2D eigenvalue weighted by molar-refractivity contribution is 0.0697. The van der Waals surface area contributed by atoms with Gasteiger partial charge >= 0.3 is 5.97 Å². The number of carboxylic acids is 1. The van der Waals surface area contributed by atoms with Crippen LogP contribution in [0.1, 0.15) is 10.4 Å². The first kappa shape index (κ1) is 13.9. The third kappa shape index (κ3) is 2.56. The van der Waals surface area contributed by atoms with Crippen molar-refractivity contribution in [3.8, 4) is 0 Å². The molecule has 100 valence electrons. The van der Waals surface area contributed by atoms with Gasteiger partial charge in [0.05, 0.1) is 5.69 Å². The first-order valence-corrected chi connectivity index (χ1v) is 5.65. The SMILES string of the molecule is [B]c1ccc(Nc2c(C(=O)O)ccc(=O)n2C)c(F)c1. The van der Waals surface area contributed by atoms with E-state index in [2.05, 4.69) is 5.32 Å². The van der Waals surface area contributed by atoms with Crippen molar-refractivity contribution in [3.05, 3.63) is 52.1 Å². The second kappa shape index (κ2) is 5.20. The lowest BCUT2D eigenvalue weighted by Crippen LogP contribution is -2.21. The van der Waals surface area contributed by atoms with E-state index in [1.165, 1.54) is 25.2 Å². The first-order chi connectivity index (χ1) is 9.40. The summed E-state index contributed by atoms with van der Waals surface area (Å²) in [6.07, 6.45) is 0. The molecule has 2 rings (SSSR count). The quantitative estimate of drug-likeness (QED) is 0.809. The zero-order valence-corrected chi connectivity index (χ0v) is 10.6. The van der Waals surface area contributed by atoms with Crippen LogP contribution >= 0.6 is 0 Å². The summed E-state index contributed by atoms with van der Waals surface area (Å²) in [5.74, 6) is -1.87. The zero-order valence-electron chi connectivity index (χ0n) is 10.6. The fourth-order valence-corrected chi connectivity index (χ4v) is 1.72. The molecule has 2 N–H and O–H groups in total. The van der Waals surface area contributed by atoms with Crippen molar-refractivity contribution >= 4 is 30.8 Å². The summed E-state index contributed by atoms with van der Waals surface area (Å²) in [5.41, 5.74) is -0.270. The molecule has 5 nitrogen and oxygen atoms in total. The second-order valence-electron chi connectivity index (χ2n) is 4.16. The van der Waals surface area contributed by atoms with Gasteiger partial charge in [0.15, 0.2) is 0 Å². The van der Waals surface area contributed by atoms with Crippen LogP contribution in [0.4, 0.5) is 15.9 Å². The Hall–Kier alpha value is -2.57. The number of carboxylic acid groups (broad SMARTS) is 1. The highest BCUT2D eigenvalue weighted by molar-refractivity contribution is 6.32. The van der Waals surface area contributed by atoms with E-state index >= 15 is 0 Å². The van der Waals surface area contributed by atoms with Crippen LogP contribution in [0, 0.1) is 5.82 Å². The lowest BCUT2D eigenvalue weighted by atomic mass is 9.96. The average Bonchev–Trinajstić information content (AvgIpc) is 2.37. The fourth-order valence-electron chi connectivity index (χ4n) is 1.72. The smallest absolute Gasteiger partial charge is 0.339 e. The van der Waals surface area contributed by atoms with Crippen LogP contribution in [0.2, 0.25) is 0 Å². The molecule has 0 atom stereocenters. The van der Waals surface area contributed by atoms with Gasteiger partial charge in [-0.3, -0.25) is 9.36 Å². The van der Waals surface area contributed by atoms with Crippen molar-refractivity contribution in [1.29, 1.82) is 0 Å². The minimum Gasteiger partial charge on any atom is -0.478 e. The molecule has 0 spiro atoms. The third-order valence-electron chi connectivity index (χ3n) is 2.79. The molecule has 0 fully saturated rings. The zero-order chi connectivity index (χ0) is 14.9. The predicted molar refractivity (Wildman–Crippen MR) is 73.7 cm³/mol. The Morgan fingerprint density at radius 1 is 1.35 bits per heavy atom. The maximum absolute atomic E-state index is 13.7. The molecule has 2 aromatic rings. The molecule has 2 radical (unpaired) electrons. The Morgan fingerprint density at radius 2 is 2.05 bits per heavy atom. The highest BCUT2D eigenvalue weighted by Gasteiger charge is 2.15. The van der Waals surface area contributed by atoms with Gasteiger partial charge in [0.2, 0.25) is 0 Å². The highest BCUT2D eigenvalue weighted by atomic mass is 19.1. The monoisotopic (exact) mass is 272 g/mol. The van der Waals surface area contributed by atoms with Gasteiger partial charge in [-0.25, -0.2) is 9.18 Å². The molecule has 0 aliphatic carbocycles. The van der Waals surface area contributed by atoms with Crippen molar-refractivity contribution in [2.45, 2.75) is 0 Å². The predicted octanol–water partition coefficient (Wildman–Crippen LogP) is 0.760. The average molecular weight is 272 g/mol. The molecular formula is C13H10BFN2O3. The maximum Gasteiger partial charge on any atom is 0.339 e. The standard InChI is InChI=1S/C13H10BFN2O3/c1-17-11(18)5-3-8(13(19)20)12(17)16-10-4-2-7(14)6-9(10)15/h2-6,16H,1H3,(H,19,20). The number of nitrogens with zero attached hydrogens (tertiary/aromatic N) is 1. The lowest BCUT2D eigenvalue weighted by Gasteiger charge is -2.14. The van der Waals surface area contributed by atoms with Crippen LogP contribution < -0.4 is 16.3 Å². The van der Waals surface area contributed by atoms with Crippen LogP contribution in [0.15, 0.2) is 35.1 Å². The van der Waals surface area contributed by atoms with Gasteiger partial charge in [-0.05, 0) is 18.2 Å². The third-order valence-corrected chi connectivity index (χ3v) is 2.79. The topological polar surface area (TPSA) is 71.3 Å². The number of aromatic nitrogens is 1. The number of nitrogens with one attached hydrogen (secondary N) is 1. The van der Waals surface area contributed by atoms with Crippen LogP contribution in [0.25, 0.3) is 0 Å². The number of hydrogen-bond acceptors (Lipinski definition) is 3. The second-order valence-corrected chi connectivity index (χ2v) is 4.16. The summed E-state index contributed by atoms with van der Waals surface area (Å²) in [7, 11) is 6.83. The van der Waals surface area contributed by atoms with Gasteiger partial charge in [-0.2, -0.15) is 0 Å². The van der Waals surface area contributed by atoms with E-state index in [1.54, 1.807) is 0 Å². The van der Waals surface area contributed by atoms with Gasteiger partial charge in [0.25, 0.3) is 5.56 Å². The number of aromatic carboxylic acids is 1. The van der Waals surface area contributed by atoms with E-state index < -0.39 is 17.3 Å². The highest BCUT2D eigenvalue weighted by Crippen LogP contribution is 2.21. The van der Waals surface area contributed by atoms with Crippen molar-refractivity contribution < 1.29 is 14.3 Å². The van der Waals surface area contributed by atoms with E-state index in [0.29, 0.717) is 0 Å². The van der Waals surface area contributed by atoms with Gasteiger partial charge in [-0.15, -0.1) is 0 Å². The first-order valence-electron chi connectivity index (χ1n) is 5.65. The Kier molecular flexibility index (Phi) is 3.60. The van der Waals surface area contributed by atoms with Gasteiger partial charge in [-0.1, -0.05) is 11.5 Å². The van der Waals surface area contributed by atoms with E-state index in [0.717, 1.165) is 16.7 Å². The van der Waals surface area contributed by atoms with Crippen LogP contribution in [-0.2, 0) is 7.05 Å². The molecule has 7 heteroatoms. The Bertz CT molecular complexity index is 743. The number of carbonyl (C=O) groups is 1. The van der Waals surface area contributed by atoms with Gasteiger partial charge in [0.1, 0.15) is 25.0 Å². The minimum absolute atomic E-state index is 0.00586. The molecular weight excluding hydrogens is 262 g/mol. The summed E-state index contributed by atoms with van der Waals surface area (Å²) < 4.78 is 14.8. The summed E-state index contributed by atoms with van der Waals surface area (Å²) in [6.45, 7) is 0. The summed E-state index contributed by atoms with van der Waals surface area (Å²) in [6, 6.07) is 6.24. The largest absolute Gasteiger partial charge is 0.478 e. The molecule has 0 aliphatic rings. The molecule has 1 aromatic heterocycles. The molecule has 0 bridgehead atoms. The summed E-state index contributed by atoms with van der Waals surface area (Å²) in [5, 5.41) is 11.7. The van der Waals surface area contributed by atoms with Gasteiger partial charge < -0.3 is 10.4 Å². The number of anilines is 2. The van der Waals surface area contributed by atoms with Gasteiger partial charge in [0, 0.05) is 13.1 Å².